The van der Waals surface area contributed by atoms with Crippen LogP contribution in [0, 0.1) is 16.7 Å². The third kappa shape index (κ3) is 2.48. The van der Waals surface area contributed by atoms with Crippen LogP contribution in [0.25, 0.3) is 6.08 Å². The Hall–Kier alpha value is -1.66. The molecule has 5 nitrogen and oxygen atoms in total. The van der Waals surface area contributed by atoms with E-state index in [1.165, 1.54) is 0 Å². The molecular formula is C18H22O5S. The van der Waals surface area contributed by atoms with E-state index in [0.29, 0.717) is 12.0 Å². The molecule has 2 aliphatic carbocycles. The lowest BCUT2D eigenvalue weighted by atomic mass is 9.70. The average molecular weight is 350 g/mol. The van der Waals surface area contributed by atoms with Gasteiger partial charge in [-0.05, 0) is 47.9 Å². The Labute approximate surface area is 142 Å². The second-order valence-electron chi connectivity index (χ2n) is 7.32. The molecule has 2 atom stereocenters. The third-order valence-electron chi connectivity index (χ3n) is 5.90. The van der Waals surface area contributed by atoms with Gasteiger partial charge >= 0.3 is 0 Å². The minimum Gasteiger partial charge on any atom is -0.497 e. The van der Waals surface area contributed by atoms with Crippen LogP contribution in [0.4, 0.5) is 0 Å². The number of Topliss-reactive ketones (excluding diaryl/α,β-unsaturated/α-hetero) is 1. The number of ketones is 1. The summed E-state index contributed by atoms with van der Waals surface area (Å²) in [5.74, 6) is 0.105. The van der Waals surface area contributed by atoms with Crippen molar-refractivity contribution < 1.29 is 22.5 Å². The fourth-order valence-electron chi connectivity index (χ4n) is 4.47. The fraction of sp³-hybridized carbons (Fsp3) is 0.500. The quantitative estimate of drug-likeness (QED) is 0.667. The molecule has 1 N–H and O–H groups in total. The van der Waals surface area contributed by atoms with E-state index in [2.05, 4.69) is 0 Å². The zero-order valence-electron chi connectivity index (χ0n) is 14.1. The van der Waals surface area contributed by atoms with Gasteiger partial charge in [0.15, 0.2) is 5.78 Å². The van der Waals surface area contributed by atoms with E-state index in [1.54, 1.807) is 7.11 Å². The van der Waals surface area contributed by atoms with Crippen LogP contribution in [0.3, 0.4) is 0 Å². The van der Waals surface area contributed by atoms with Crippen LogP contribution >= 0.6 is 0 Å². The first kappa shape index (κ1) is 17.2. The van der Waals surface area contributed by atoms with Gasteiger partial charge in [-0.2, -0.15) is 8.42 Å². The first-order valence-corrected chi connectivity index (χ1v) is 9.57. The van der Waals surface area contributed by atoms with Crippen molar-refractivity contribution in [2.24, 2.45) is 16.7 Å². The Bertz CT molecular complexity index is 804. The van der Waals surface area contributed by atoms with Crippen LogP contribution in [0.2, 0.25) is 0 Å². The molecule has 6 heteroatoms. The monoisotopic (exact) mass is 350 g/mol. The van der Waals surface area contributed by atoms with Gasteiger partial charge in [-0.25, -0.2) is 0 Å². The number of ether oxygens (including phenoxy) is 1. The Balaban J connectivity index is 2.03. The zero-order chi connectivity index (χ0) is 17.8. The van der Waals surface area contributed by atoms with Gasteiger partial charge in [-0.15, -0.1) is 0 Å². The molecule has 0 saturated heterocycles. The molecular weight excluding hydrogens is 328 g/mol. The van der Waals surface area contributed by atoms with Crippen LogP contribution in [0.5, 0.6) is 5.75 Å². The lowest BCUT2D eigenvalue weighted by molar-refractivity contribution is -0.125. The summed E-state index contributed by atoms with van der Waals surface area (Å²) in [6.45, 7) is 3.87. The van der Waals surface area contributed by atoms with Crippen LogP contribution in [-0.2, 0) is 14.9 Å². The van der Waals surface area contributed by atoms with Gasteiger partial charge < -0.3 is 4.74 Å². The lowest BCUT2D eigenvalue weighted by Crippen LogP contribution is -2.42. The highest BCUT2D eigenvalue weighted by molar-refractivity contribution is 7.85. The average Bonchev–Trinajstić information content (AvgIpc) is 2.81. The number of hydrogen-bond acceptors (Lipinski definition) is 4. The van der Waals surface area contributed by atoms with E-state index in [-0.39, 0.29) is 11.7 Å². The van der Waals surface area contributed by atoms with Crippen LogP contribution < -0.4 is 4.74 Å². The number of carbonyl (C=O) groups is 1. The van der Waals surface area contributed by atoms with Crippen molar-refractivity contribution in [3.05, 3.63) is 35.4 Å². The van der Waals surface area contributed by atoms with Crippen LogP contribution in [-0.4, -0.2) is 31.6 Å². The van der Waals surface area contributed by atoms with E-state index >= 15 is 0 Å². The second-order valence-corrected chi connectivity index (χ2v) is 8.78. The normalized spacial score (nSPS) is 30.1. The van der Waals surface area contributed by atoms with Crippen molar-refractivity contribution in [2.75, 3.05) is 12.9 Å². The molecule has 1 aromatic rings. The van der Waals surface area contributed by atoms with Crippen LogP contribution in [0.1, 0.15) is 32.3 Å². The molecule has 130 valence electrons. The molecule has 24 heavy (non-hydrogen) atoms. The van der Waals surface area contributed by atoms with E-state index in [4.69, 9.17) is 4.74 Å². The molecule has 1 aromatic carbocycles. The predicted octanol–water partition coefficient (Wildman–Crippen LogP) is 2.97. The Morgan fingerprint density at radius 3 is 2.46 bits per heavy atom. The van der Waals surface area contributed by atoms with Gasteiger partial charge in [-0.1, -0.05) is 26.0 Å². The molecule has 0 spiro atoms. The minimum atomic E-state index is -4.23. The summed E-state index contributed by atoms with van der Waals surface area (Å²) < 4.78 is 37.5. The molecule has 0 aromatic heterocycles. The minimum absolute atomic E-state index is 0.00820. The molecule has 2 fully saturated rings. The van der Waals surface area contributed by atoms with Crippen LogP contribution in [0.15, 0.2) is 29.8 Å². The summed E-state index contributed by atoms with van der Waals surface area (Å²) in [6, 6.07) is 7.38. The maximum atomic E-state index is 13.0. The lowest BCUT2D eigenvalue weighted by Gasteiger charge is -2.34. The van der Waals surface area contributed by atoms with E-state index in [0.717, 1.165) is 17.7 Å². The maximum absolute atomic E-state index is 13.0. The van der Waals surface area contributed by atoms with E-state index in [1.807, 2.05) is 44.2 Å². The highest BCUT2D eigenvalue weighted by Gasteiger charge is 2.67. The second kappa shape index (κ2) is 5.43. The first-order chi connectivity index (χ1) is 11.1. The number of allylic oxidation sites excluding steroid dienone is 1. The van der Waals surface area contributed by atoms with Crippen molar-refractivity contribution in [3.63, 3.8) is 0 Å². The summed E-state index contributed by atoms with van der Waals surface area (Å²) in [7, 11) is -2.63. The number of hydrogen-bond donors (Lipinski definition) is 1. The summed E-state index contributed by atoms with van der Waals surface area (Å²) in [4.78, 5) is 13.0. The highest BCUT2D eigenvalue weighted by Crippen LogP contribution is 2.66. The highest BCUT2D eigenvalue weighted by atomic mass is 32.2. The first-order valence-electron chi connectivity index (χ1n) is 7.96. The molecule has 0 aliphatic heterocycles. The van der Waals surface area contributed by atoms with Gasteiger partial charge in [0, 0.05) is 5.57 Å². The number of carbonyl (C=O) groups excluding carboxylic acids is 1. The molecule has 2 bridgehead atoms. The molecule has 0 radical (unpaired) electrons. The Morgan fingerprint density at radius 2 is 1.92 bits per heavy atom. The molecule has 3 rings (SSSR count). The van der Waals surface area contributed by atoms with Crippen molar-refractivity contribution >= 4 is 22.0 Å². The standard InChI is InChI=1S/C18H22O5S/c1-17(2)15-8-9-18(17,11-24(20,21)22)16(19)14(15)10-12-4-6-13(23-3)7-5-12/h4-7,10,15H,8-9,11H2,1-3H3,(H,20,21,22). The van der Waals surface area contributed by atoms with Crippen molar-refractivity contribution in [3.8, 4) is 5.75 Å². The van der Waals surface area contributed by atoms with Gasteiger partial charge in [-0.3, -0.25) is 9.35 Å². The molecule has 2 saturated carbocycles. The predicted molar refractivity (Wildman–Crippen MR) is 91.3 cm³/mol. The van der Waals surface area contributed by atoms with Crippen molar-refractivity contribution in [2.45, 2.75) is 26.7 Å². The van der Waals surface area contributed by atoms with E-state index < -0.39 is 26.7 Å². The van der Waals surface area contributed by atoms with Gasteiger partial charge in [0.1, 0.15) is 5.75 Å². The molecule has 2 aliphatic rings. The number of benzene rings is 1. The largest absolute Gasteiger partial charge is 0.497 e. The number of fused-ring (bicyclic) bond motifs is 2. The SMILES string of the molecule is COc1ccc(C=C2C(=O)C3(CS(=O)(=O)O)CCC2C3(C)C)cc1. The summed E-state index contributed by atoms with van der Waals surface area (Å²) >= 11 is 0. The molecule has 0 amide bonds. The maximum Gasteiger partial charge on any atom is 0.265 e. The van der Waals surface area contributed by atoms with E-state index in [9.17, 15) is 17.8 Å². The van der Waals surface area contributed by atoms with Crippen molar-refractivity contribution in [1.82, 2.24) is 0 Å². The Morgan fingerprint density at radius 1 is 1.29 bits per heavy atom. The topological polar surface area (TPSA) is 80.7 Å². The van der Waals surface area contributed by atoms with Gasteiger partial charge in [0.05, 0.1) is 18.3 Å². The summed E-state index contributed by atoms with van der Waals surface area (Å²) in [6.07, 6.45) is 3.11. The fourth-order valence-corrected chi connectivity index (χ4v) is 5.74. The molecule has 2 unspecified atom stereocenters. The van der Waals surface area contributed by atoms with Gasteiger partial charge in [0.25, 0.3) is 10.1 Å². The van der Waals surface area contributed by atoms with Gasteiger partial charge in [0.2, 0.25) is 0 Å². The summed E-state index contributed by atoms with van der Waals surface area (Å²) in [5.41, 5.74) is 0.0337. The Kier molecular flexibility index (Phi) is 3.88. The third-order valence-corrected chi connectivity index (χ3v) is 6.76. The number of rotatable bonds is 4. The molecule has 0 heterocycles. The summed E-state index contributed by atoms with van der Waals surface area (Å²) in [5, 5.41) is 0. The van der Waals surface area contributed by atoms with Crippen molar-refractivity contribution in [1.29, 1.82) is 0 Å². The zero-order valence-corrected chi connectivity index (χ0v) is 14.9. The number of methoxy groups -OCH3 is 1. The smallest absolute Gasteiger partial charge is 0.265 e.